The van der Waals surface area contributed by atoms with Crippen molar-refractivity contribution in [3.8, 4) is 11.8 Å². The summed E-state index contributed by atoms with van der Waals surface area (Å²) in [4.78, 5) is 23.2. The number of benzene rings is 1. The molecule has 0 spiro atoms. The summed E-state index contributed by atoms with van der Waals surface area (Å²) in [6.45, 7) is 1.84. The molecule has 0 aliphatic heterocycles. The van der Waals surface area contributed by atoms with E-state index in [9.17, 15) is 13.2 Å². The van der Waals surface area contributed by atoms with Crippen LogP contribution >= 0.6 is 0 Å². The highest BCUT2D eigenvalue weighted by atomic mass is 32.2. The molecule has 0 bridgehead atoms. The lowest BCUT2D eigenvalue weighted by Gasteiger charge is -2.20. The van der Waals surface area contributed by atoms with Crippen molar-refractivity contribution in [1.29, 1.82) is 0 Å². The van der Waals surface area contributed by atoms with Crippen molar-refractivity contribution in [3.05, 3.63) is 30.1 Å². The van der Waals surface area contributed by atoms with Gasteiger partial charge in [-0.15, -0.1) is 4.31 Å². The zero-order valence-electron chi connectivity index (χ0n) is 14.9. The molecule has 0 fully saturated rings. The smallest absolute Gasteiger partial charge is 0.336 e. The number of primary amides is 1. The fourth-order valence-electron chi connectivity index (χ4n) is 2.07. The summed E-state index contributed by atoms with van der Waals surface area (Å²) in [6.07, 6.45) is 0. The number of hydrogen-bond donors (Lipinski definition) is 1. The van der Waals surface area contributed by atoms with Crippen LogP contribution in [0.3, 0.4) is 0 Å². The molecule has 0 aliphatic rings. The van der Waals surface area contributed by atoms with Crippen LogP contribution in [-0.2, 0) is 14.8 Å². The average Bonchev–Trinajstić information content (AvgIpc) is 2.61. The summed E-state index contributed by atoms with van der Waals surface area (Å²) in [5, 5.41) is 0. The van der Waals surface area contributed by atoms with Gasteiger partial charge in [0.05, 0.1) is 13.7 Å². The monoisotopic (exact) mass is 397 g/mol. The molecule has 0 radical (unpaired) electrons. The van der Waals surface area contributed by atoms with Gasteiger partial charge in [-0.2, -0.15) is 15.0 Å². The van der Waals surface area contributed by atoms with Crippen LogP contribution in [-0.4, -0.2) is 56.8 Å². The third kappa shape index (κ3) is 4.60. The largest absolute Gasteiger partial charge is 0.490 e. The quantitative estimate of drug-likeness (QED) is 0.628. The van der Waals surface area contributed by atoms with Gasteiger partial charge in [0.15, 0.2) is 0 Å². The van der Waals surface area contributed by atoms with E-state index in [0.29, 0.717) is 0 Å². The summed E-state index contributed by atoms with van der Waals surface area (Å²) >= 11 is 0. The fraction of sp³-hybridized carbons (Fsp3) is 0.333. The van der Waals surface area contributed by atoms with E-state index in [1.54, 1.807) is 6.07 Å². The Morgan fingerprint density at radius 3 is 2.48 bits per heavy atom. The number of nitrogens with two attached hydrogens (primary N) is 1. The van der Waals surface area contributed by atoms with Crippen molar-refractivity contribution in [3.63, 3.8) is 0 Å². The van der Waals surface area contributed by atoms with Crippen molar-refractivity contribution in [2.24, 2.45) is 5.73 Å². The molecule has 0 atom stereocenters. The van der Waals surface area contributed by atoms with E-state index in [4.69, 9.17) is 19.9 Å². The Balaban J connectivity index is 2.55. The van der Waals surface area contributed by atoms with Crippen LogP contribution in [0, 0.1) is 6.92 Å². The normalized spacial score (nSPS) is 11.1. The molecule has 146 valence electrons. The molecule has 2 aromatic rings. The van der Waals surface area contributed by atoms with Gasteiger partial charge in [-0.1, -0.05) is 12.1 Å². The van der Waals surface area contributed by atoms with Crippen molar-refractivity contribution >= 4 is 22.0 Å². The zero-order valence-corrected chi connectivity index (χ0v) is 15.8. The number of ether oxygens (including phenoxy) is 3. The Morgan fingerprint density at radius 2 is 1.85 bits per heavy atom. The summed E-state index contributed by atoms with van der Waals surface area (Å²) in [5.74, 6) is -0.319. The van der Waals surface area contributed by atoms with E-state index >= 15 is 0 Å². The molecule has 1 aromatic carbocycles. The van der Waals surface area contributed by atoms with E-state index in [-0.39, 0.29) is 40.0 Å². The average molecular weight is 397 g/mol. The second kappa shape index (κ2) is 8.60. The van der Waals surface area contributed by atoms with Crippen LogP contribution in [0.5, 0.6) is 11.8 Å². The summed E-state index contributed by atoms with van der Waals surface area (Å²) in [6, 6.07) is 4.33. The van der Waals surface area contributed by atoms with Gasteiger partial charge in [-0.25, -0.2) is 13.2 Å². The number of carbonyl (C=O) groups is 1. The van der Waals surface area contributed by atoms with Gasteiger partial charge in [0.2, 0.25) is 0 Å². The minimum Gasteiger partial charge on any atom is -0.490 e. The van der Waals surface area contributed by atoms with E-state index in [1.807, 2.05) is 0 Å². The first kappa shape index (κ1) is 20.3. The number of carbonyl (C=O) groups excluding carboxylic acids is 1. The third-order valence-corrected chi connectivity index (χ3v) is 4.91. The van der Waals surface area contributed by atoms with Crippen molar-refractivity contribution in [1.82, 2.24) is 15.0 Å². The maximum absolute atomic E-state index is 13.1. The van der Waals surface area contributed by atoms with Crippen molar-refractivity contribution in [2.45, 2.75) is 11.8 Å². The van der Waals surface area contributed by atoms with Gasteiger partial charge in [0, 0.05) is 7.11 Å². The molecule has 0 aliphatic carbocycles. The molecule has 11 nitrogen and oxygen atoms in total. The van der Waals surface area contributed by atoms with Crippen LogP contribution in [0.25, 0.3) is 0 Å². The minimum absolute atomic E-state index is 0.0264. The Bertz CT molecular complexity index is 921. The number of nitrogens with zero attached hydrogens (tertiary/aromatic N) is 4. The molecule has 2 N–H and O–H groups in total. The first-order chi connectivity index (χ1) is 12.8. The number of sulfonamides is 1. The molecule has 27 heavy (non-hydrogen) atoms. The second-order valence-corrected chi connectivity index (χ2v) is 6.82. The highest BCUT2D eigenvalue weighted by molar-refractivity contribution is 7.93. The van der Waals surface area contributed by atoms with Crippen molar-refractivity contribution < 1.29 is 27.4 Å². The van der Waals surface area contributed by atoms with Crippen LogP contribution in [0.4, 0.5) is 10.7 Å². The molecular weight excluding hydrogens is 378 g/mol. The number of aromatic nitrogens is 3. The van der Waals surface area contributed by atoms with E-state index < -0.39 is 22.0 Å². The van der Waals surface area contributed by atoms with Crippen LogP contribution in [0.15, 0.2) is 29.2 Å². The van der Waals surface area contributed by atoms with Crippen molar-refractivity contribution in [2.75, 3.05) is 31.7 Å². The Kier molecular flexibility index (Phi) is 6.47. The van der Waals surface area contributed by atoms with E-state index in [0.717, 1.165) is 0 Å². The molecule has 2 rings (SSSR count). The predicted octanol–water partition coefficient (Wildman–Crippen LogP) is 0.488. The van der Waals surface area contributed by atoms with E-state index in [1.165, 1.54) is 39.3 Å². The number of urea groups is 1. The predicted molar refractivity (Wildman–Crippen MR) is 94.2 cm³/mol. The molecular formula is C15H19N5O6S. The van der Waals surface area contributed by atoms with Gasteiger partial charge < -0.3 is 19.9 Å². The Hall–Kier alpha value is -2.99. The number of para-hydroxylation sites is 1. The minimum atomic E-state index is -4.48. The maximum atomic E-state index is 13.1. The van der Waals surface area contributed by atoms with Gasteiger partial charge in [-0.05, 0) is 19.1 Å². The highest BCUT2D eigenvalue weighted by Gasteiger charge is 2.35. The molecule has 0 unspecified atom stereocenters. The Labute approximate surface area is 156 Å². The van der Waals surface area contributed by atoms with Gasteiger partial charge in [-0.3, -0.25) is 0 Å². The first-order valence-electron chi connectivity index (χ1n) is 7.63. The number of rotatable bonds is 8. The number of hydrogen-bond acceptors (Lipinski definition) is 9. The fourth-order valence-corrected chi connectivity index (χ4v) is 3.43. The lowest BCUT2D eigenvalue weighted by Crippen LogP contribution is -2.42. The highest BCUT2D eigenvalue weighted by Crippen LogP contribution is 2.29. The van der Waals surface area contributed by atoms with Crippen LogP contribution in [0.1, 0.15) is 5.82 Å². The molecule has 1 aromatic heterocycles. The van der Waals surface area contributed by atoms with E-state index in [2.05, 4.69) is 15.0 Å². The number of methoxy groups -OCH3 is 2. The number of amides is 2. The molecule has 0 saturated carbocycles. The van der Waals surface area contributed by atoms with Crippen LogP contribution < -0.4 is 19.5 Å². The topological polar surface area (TPSA) is 147 Å². The first-order valence-corrected chi connectivity index (χ1v) is 9.07. The zero-order chi connectivity index (χ0) is 20.0. The molecule has 1 heterocycles. The SMILES string of the molecule is COCCOc1ccccc1S(=O)(=O)N(C(N)=O)c1nc(C)nc(OC)n1. The van der Waals surface area contributed by atoms with Gasteiger partial charge >= 0.3 is 12.0 Å². The number of anilines is 1. The third-order valence-electron chi connectivity index (χ3n) is 3.19. The van der Waals surface area contributed by atoms with Crippen LogP contribution in [0.2, 0.25) is 0 Å². The molecule has 0 saturated heterocycles. The second-order valence-electron chi connectivity index (χ2n) is 5.06. The maximum Gasteiger partial charge on any atom is 0.336 e. The molecule has 12 heteroatoms. The lowest BCUT2D eigenvalue weighted by atomic mass is 10.3. The lowest BCUT2D eigenvalue weighted by molar-refractivity contribution is 0.144. The van der Waals surface area contributed by atoms with Gasteiger partial charge in [0.1, 0.15) is 23.1 Å². The van der Waals surface area contributed by atoms with Gasteiger partial charge in [0.25, 0.3) is 16.0 Å². The number of aryl methyl sites for hydroxylation is 1. The Morgan fingerprint density at radius 1 is 1.15 bits per heavy atom. The summed E-state index contributed by atoms with van der Waals surface area (Å²) in [5.41, 5.74) is 5.31. The standard InChI is InChI=1S/C15H19N5O6S/c1-10-17-14(19-15(18-10)25-3)20(13(16)21)27(22,23)12-7-5-4-6-11(12)26-9-8-24-2/h4-7H,8-9H2,1-3H3,(H2,16,21). The summed E-state index contributed by atoms with van der Waals surface area (Å²) in [7, 11) is -1.70. The summed E-state index contributed by atoms with van der Waals surface area (Å²) < 4.78 is 41.7. The molecule has 2 amide bonds.